The lowest BCUT2D eigenvalue weighted by molar-refractivity contribution is -0.116. The summed E-state index contributed by atoms with van der Waals surface area (Å²) in [6.45, 7) is 3.49. The molecule has 3 N–H and O–H groups in total. The van der Waals surface area contributed by atoms with Crippen LogP contribution in [0.1, 0.15) is 18.1 Å². The predicted octanol–water partition coefficient (Wildman–Crippen LogP) is 4.88. The Bertz CT molecular complexity index is 964. The lowest BCUT2D eigenvalue weighted by Crippen LogP contribution is -2.14. The summed E-state index contributed by atoms with van der Waals surface area (Å²) >= 11 is 0. The lowest BCUT2D eigenvalue weighted by Gasteiger charge is -2.10. The van der Waals surface area contributed by atoms with Crippen molar-refractivity contribution in [2.75, 3.05) is 16.0 Å². The van der Waals surface area contributed by atoms with E-state index in [1.165, 1.54) is 6.92 Å². The van der Waals surface area contributed by atoms with Gasteiger partial charge in [-0.25, -0.2) is 0 Å². The Balaban J connectivity index is 1.55. The molecule has 5 nitrogen and oxygen atoms in total. The van der Waals surface area contributed by atoms with E-state index in [1.807, 2.05) is 79.7 Å². The number of benzene rings is 3. The number of amides is 2. The third-order valence-electron chi connectivity index (χ3n) is 4.11. The van der Waals surface area contributed by atoms with E-state index < -0.39 is 0 Å². The minimum atomic E-state index is -0.0965. The SMILES string of the molecule is CC(=O)Nc1ccc(Nc2ccc(NC(=O)Cc3cccc(C)c3)cc2)cc1. The molecule has 0 unspecified atom stereocenters. The lowest BCUT2D eigenvalue weighted by atomic mass is 10.1. The highest BCUT2D eigenvalue weighted by Crippen LogP contribution is 2.21. The summed E-state index contributed by atoms with van der Waals surface area (Å²) in [5.41, 5.74) is 5.47. The average molecular weight is 373 g/mol. The molecule has 0 heterocycles. The van der Waals surface area contributed by atoms with Crippen molar-refractivity contribution in [3.8, 4) is 0 Å². The highest BCUT2D eigenvalue weighted by molar-refractivity contribution is 5.92. The number of carbonyl (C=O) groups is 2. The first-order valence-electron chi connectivity index (χ1n) is 9.08. The van der Waals surface area contributed by atoms with Gasteiger partial charge in [-0.1, -0.05) is 29.8 Å². The van der Waals surface area contributed by atoms with Gasteiger partial charge in [-0.05, 0) is 61.0 Å². The van der Waals surface area contributed by atoms with Gasteiger partial charge in [0.1, 0.15) is 0 Å². The molecule has 0 saturated heterocycles. The standard InChI is InChI=1S/C23H23N3O2/c1-16-4-3-5-18(14-16)15-23(28)26-22-12-10-21(11-13-22)25-20-8-6-19(7-9-20)24-17(2)27/h3-14,25H,15H2,1-2H3,(H,24,27)(H,26,28). The van der Waals surface area contributed by atoms with Crippen molar-refractivity contribution < 1.29 is 9.59 Å². The van der Waals surface area contributed by atoms with Crippen LogP contribution in [-0.4, -0.2) is 11.8 Å². The molecular formula is C23H23N3O2. The van der Waals surface area contributed by atoms with Gasteiger partial charge in [0, 0.05) is 29.7 Å². The van der Waals surface area contributed by atoms with E-state index in [9.17, 15) is 9.59 Å². The molecule has 3 rings (SSSR count). The molecule has 0 atom stereocenters. The van der Waals surface area contributed by atoms with E-state index in [2.05, 4.69) is 16.0 Å². The van der Waals surface area contributed by atoms with E-state index in [1.54, 1.807) is 0 Å². The van der Waals surface area contributed by atoms with Gasteiger partial charge >= 0.3 is 0 Å². The topological polar surface area (TPSA) is 70.2 Å². The minimum absolute atomic E-state index is 0.0418. The summed E-state index contributed by atoms with van der Waals surface area (Å²) < 4.78 is 0. The van der Waals surface area contributed by atoms with Gasteiger partial charge in [0.15, 0.2) is 0 Å². The van der Waals surface area contributed by atoms with E-state index in [-0.39, 0.29) is 11.8 Å². The van der Waals surface area contributed by atoms with Crippen molar-refractivity contribution in [1.82, 2.24) is 0 Å². The number of hydrogen-bond donors (Lipinski definition) is 3. The zero-order valence-corrected chi connectivity index (χ0v) is 16.0. The van der Waals surface area contributed by atoms with Crippen LogP contribution in [0.15, 0.2) is 72.8 Å². The van der Waals surface area contributed by atoms with Gasteiger partial charge in [-0.3, -0.25) is 9.59 Å². The highest BCUT2D eigenvalue weighted by Gasteiger charge is 2.05. The van der Waals surface area contributed by atoms with E-state index in [0.29, 0.717) is 6.42 Å². The number of hydrogen-bond acceptors (Lipinski definition) is 3. The Morgan fingerprint density at radius 1 is 0.750 bits per heavy atom. The van der Waals surface area contributed by atoms with Crippen molar-refractivity contribution in [2.45, 2.75) is 20.3 Å². The van der Waals surface area contributed by atoms with Gasteiger partial charge in [-0.2, -0.15) is 0 Å². The summed E-state index contributed by atoms with van der Waals surface area (Å²) in [4.78, 5) is 23.3. The van der Waals surface area contributed by atoms with Crippen molar-refractivity contribution in [3.63, 3.8) is 0 Å². The molecule has 3 aromatic rings. The Kier molecular flexibility index (Phi) is 6.07. The summed E-state index contributed by atoms with van der Waals surface area (Å²) in [7, 11) is 0. The van der Waals surface area contributed by atoms with E-state index >= 15 is 0 Å². The average Bonchev–Trinajstić information content (AvgIpc) is 2.64. The van der Waals surface area contributed by atoms with Gasteiger partial charge in [0.2, 0.25) is 11.8 Å². The summed E-state index contributed by atoms with van der Waals surface area (Å²) in [5, 5.41) is 8.94. The predicted molar refractivity (Wildman–Crippen MR) is 114 cm³/mol. The van der Waals surface area contributed by atoms with Crippen LogP contribution < -0.4 is 16.0 Å². The van der Waals surface area contributed by atoms with Gasteiger partial charge in [0.05, 0.1) is 6.42 Å². The molecule has 142 valence electrons. The number of nitrogens with one attached hydrogen (secondary N) is 3. The molecule has 0 aliphatic carbocycles. The first-order chi connectivity index (χ1) is 13.5. The molecule has 0 fully saturated rings. The molecule has 0 aromatic heterocycles. The van der Waals surface area contributed by atoms with E-state index in [0.717, 1.165) is 33.9 Å². The maximum Gasteiger partial charge on any atom is 0.228 e. The number of aryl methyl sites for hydroxylation is 1. The Hall–Kier alpha value is -3.60. The molecule has 2 amide bonds. The fourth-order valence-electron chi connectivity index (χ4n) is 2.86. The fraction of sp³-hybridized carbons (Fsp3) is 0.130. The van der Waals surface area contributed by atoms with Gasteiger partial charge in [-0.15, -0.1) is 0 Å². The minimum Gasteiger partial charge on any atom is -0.356 e. The van der Waals surface area contributed by atoms with Crippen LogP contribution in [0, 0.1) is 6.92 Å². The first kappa shape index (κ1) is 19.2. The molecule has 0 spiro atoms. The second-order valence-electron chi connectivity index (χ2n) is 6.67. The summed E-state index contributed by atoms with van der Waals surface area (Å²) in [6.07, 6.45) is 0.350. The van der Waals surface area contributed by atoms with Crippen LogP contribution in [0.4, 0.5) is 22.7 Å². The third kappa shape index (κ3) is 5.71. The number of carbonyl (C=O) groups excluding carboxylic acids is 2. The monoisotopic (exact) mass is 373 g/mol. The fourth-order valence-corrected chi connectivity index (χ4v) is 2.86. The molecular weight excluding hydrogens is 350 g/mol. The van der Waals surface area contributed by atoms with Crippen LogP contribution in [0.5, 0.6) is 0 Å². The zero-order chi connectivity index (χ0) is 19.9. The van der Waals surface area contributed by atoms with Crippen LogP contribution in [0.3, 0.4) is 0 Å². The van der Waals surface area contributed by atoms with Crippen LogP contribution in [0.2, 0.25) is 0 Å². The Morgan fingerprint density at radius 2 is 1.29 bits per heavy atom. The van der Waals surface area contributed by atoms with Crippen molar-refractivity contribution >= 4 is 34.6 Å². The molecule has 0 saturated carbocycles. The van der Waals surface area contributed by atoms with Crippen molar-refractivity contribution in [2.24, 2.45) is 0 Å². The maximum absolute atomic E-state index is 12.2. The molecule has 0 aliphatic heterocycles. The maximum atomic E-state index is 12.2. The van der Waals surface area contributed by atoms with Crippen LogP contribution >= 0.6 is 0 Å². The van der Waals surface area contributed by atoms with Gasteiger partial charge in [0.25, 0.3) is 0 Å². The van der Waals surface area contributed by atoms with E-state index in [4.69, 9.17) is 0 Å². The van der Waals surface area contributed by atoms with Crippen molar-refractivity contribution in [3.05, 3.63) is 83.9 Å². The highest BCUT2D eigenvalue weighted by atomic mass is 16.2. The van der Waals surface area contributed by atoms with Crippen molar-refractivity contribution in [1.29, 1.82) is 0 Å². The number of anilines is 4. The quantitative estimate of drug-likeness (QED) is 0.577. The Morgan fingerprint density at radius 3 is 1.82 bits per heavy atom. The molecule has 0 aliphatic rings. The molecule has 3 aromatic carbocycles. The van der Waals surface area contributed by atoms with Crippen LogP contribution in [0.25, 0.3) is 0 Å². The smallest absolute Gasteiger partial charge is 0.228 e. The zero-order valence-electron chi connectivity index (χ0n) is 16.0. The molecule has 0 radical (unpaired) electrons. The number of rotatable bonds is 6. The largest absolute Gasteiger partial charge is 0.356 e. The first-order valence-corrected chi connectivity index (χ1v) is 9.08. The van der Waals surface area contributed by atoms with Crippen LogP contribution in [-0.2, 0) is 16.0 Å². The second-order valence-corrected chi connectivity index (χ2v) is 6.67. The third-order valence-corrected chi connectivity index (χ3v) is 4.11. The molecule has 0 bridgehead atoms. The molecule has 28 heavy (non-hydrogen) atoms. The summed E-state index contributed by atoms with van der Waals surface area (Å²) in [6, 6.07) is 22.9. The van der Waals surface area contributed by atoms with Gasteiger partial charge < -0.3 is 16.0 Å². The Labute approximate surface area is 164 Å². The summed E-state index contributed by atoms with van der Waals surface area (Å²) in [5.74, 6) is -0.138. The second kappa shape index (κ2) is 8.86. The molecule has 5 heteroatoms. The normalized spacial score (nSPS) is 10.2.